The molecule has 2 heterocycles. The number of likely N-dealkylation sites (tertiary alicyclic amines) is 2. The third-order valence-electron chi connectivity index (χ3n) is 7.18. The maximum atomic E-state index is 14.0. The number of hydrogen-bond acceptors (Lipinski definition) is 3. The monoisotopic (exact) mass is 500 g/mol. The maximum Gasteiger partial charge on any atom is 0.255 e. The second kappa shape index (κ2) is 9.71. The molecule has 0 N–H and O–H groups in total. The Morgan fingerprint density at radius 3 is 1.41 bits per heavy atom. The van der Waals surface area contributed by atoms with E-state index in [4.69, 9.17) is 23.2 Å². The molecule has 34 heavy (non-hydrogen) atoms. The van der Waals surface area contributed by atoms with Gasteiger partial charge in [-0.2, -0.15) is 0 Å². The number of ketones is 1. The predicted molar refractivity (Wildman–Crippen MR) is 134 cm³/mol. The van der Waals surface area contributed by atoms with Crippen molar-refractivity contribution in [2.24, 2.45) is 10.8 Å². The molecule has 2 fully saturated rings. The first-order valence-corrected chi connectivity index (χ1v) is 12.6. The zero-order chi connectivity index (χ0) is 24.5. The van der Waals surface area contributed by atoms with Gasteiger partial charge < -0.3 is 9.80 Å². The molecular formula is C27H30Cl2N2O3. The molecule has 2 amide bonds. The van der Waals surface area contributed by atoms with Gasteiger partial charge in [0.2, 0.25) is 0 Å². The van der Waals surface area contributed by atoms with E-state index in [0.717, 1.165) is 12.8 Å². The average Bonchev–Trinajstić information content (AvgIpc) is 2.81. The van der Waals surface area contributed by atoms with Crippen LogP contribution in [0.2, 0.25) is 10.0 Å². The summed E-state index contributed by atoms with van der Waals surface area (Å²) in [4.78, 5) is 44.8. The summed E-state index contributed by atoms with van der Waals surface area (Å²) < 4.78 is 0. The second-order valence-corrected chi connectivity index (χ2v) is 10.5. The zero-order valence-electron chi connectivity index (χ0n) is 19.7. The summed E-state index contributed by atoms with van der Waals surface area (Å²) >= 11 is 12.7. The van der Waals surface area contributed by atoms with Crippen molar-refractivity contribution in [2.45, 2.75) is 39.5 Å². The van der Waals surface area contributed by atoms with E-state index in [9.17, 15) is 14.4 Å². The summed E-state index contributed by atoms with van der Waals surface area (Å²) in [6.07, 6.45) is 2.76. The molecule has 7 heteroatoms. The van der Waals surface area contributed by atoms with Gasteiger partial charge in [0, 0.05) is 26.2 Å². The van der Waals surface area contributed by atoms with Gasteiger partial charge in [-0.05, 0) is 37.1 Å². The van der Waals surface area contributed by atoms with Crippen LogP contribution in [0.3, 0.4) is 0 Å². The Morgan fingerprint density at radius 1 is 0.735 bits per heavy atom. The van der Waals surface area contributed by atoms with Crippen molar-refractivity contribution in [1.82, 2.24) is 9.80 Å². The minimum absolute atomic E-state index is 0.162. The number of carbonyl (C=O) groups excluding carboxylic acids is 3. The first-order valence-electron chi connectivity index (χ1n) is 11.9. The number of hydrogen-bond donors (Lipinski definition) is 0. The molecule has 0 aromatic heterocycles. The second-order valence-electron chi connectivity index (χ2n) is 9.67. The molecule has 0 spiro atoms. The lowest BCUT2D eigenvalue weighted by molar-refractivity contribution is -0.158. The first-order chi connectivity index (χ1) is 16.3. The minimum Gasteiger partial charge on any atom is -0.336 e. The van der Waals surface area contributed by atoms with Gasteiger partial charge in [-0.3, -0.25) is 14.4 Å². The third kappa shape index (κ3) is 4.25. The number of halogens is 2. The Kier molecular flexibility index (Phi) is 7.07. The number of carbonyl (C=O) groups is 3. The van der Waals surface area contributed by atoms with E-state index in [2.05, 4.69) is 0 Å². The zero-order valence-corrected chi connectivity index (χ0v) is 21.2. The lowest BCUT2D eigenvalue weighted by atomic mass is 9.59. The number of piperidine rings is 2. The summed E-state index contributed by atoms with van der Waals surface area (Å²) in [5.41, 5.74) is -0.736. The van der Waals surface area contributed by atoms with E-state index in [1.165, 1.54) is 0 Å². The number of amides is 2. The number of nitrogens with zero attached hydrogens (tertiary/aromatic N) is 2. The Hall–Kier alpha value is -2.37. The molecule has 2 aromatic carbocycles. The van der Waals surface area contributed by atoms with Gasteiger partial charge >= 0.3 is 0 Å². The SMILES string of the molecule is CCCC12CN(C(=O)c3ccccc3Cl)CC(CCC)(CN(C(=O)c3ccccc3Cl)C1)C2=O. The number of benzene rings is 2. The van der Waals surface area contributed by atoms with Crippen LogP contribution < -0.4 is 0 Å². The minimum atomic E-state index is -0.811. The van der Waals surface area contributed by atoms with Crippen LogP contribution in [0.25, 0.3) is 0 Å². The smallest absolute Gasteiger partial charge is 0.255 e. The average molecular weight is 501 g/mol. The molecule has 0 atom stereocenters. The van der Waals surface area contributed by atoms with E-state index in [0.29, 0.717) is 34.0 Å². The highest BCUT2D eigenvalue weighted by Gasteiger charge is 2.60. The largest absolute Gasteiger partial charge is 0.336 e. The number of Topliss-reactive ketones (excluding diaryl/α,β-unsaturated/α-hetero) is 1. The molecule has 180 valence electrons. The fourth-order valence-corrected chi connectivity index (χ4v) is 6.35. The Bertz CT molecular complexity index is 1020. The van der Waals surface area contributed by atoms with Crippen molar-refractivity contribution in [2.75, 3.05) is 26.2 Å². The van der Waals surface area contributed by atoms with Crippen molar-refractivity contribution in [3.63, 3.8) is 0 Å². The van der Waals surface area contributed by atoms with Crippen LogP contribution in [0.4, 0.5) is 0 Å². The molecular weight excluding hydrogens is 471 g/mol. The summed E-state index contributed by atoms with van der Waals surface area (Å²) in [6, 6.07) is 14.0. The van der Waals surface area contributed by atoms with Gasteiger partial charge in [0.25, 0.3) is 11.8 Å². The van der Waals surface area contributed by atoms with E-state index in [1.807, 2.05) is 13.8 Å². The van der Waals surface area contributed by atoms with Gasteiger partial charge in [0.15, 0.2) is 5.78 Å². The predicted octanol–water partition coefficient (Wildman–Crippen LogP) is 5.75. The number of rotatable bonds is 6. The van der Waals surface area contributed by atoms with Crippen molar-refractivity contribution in [3.8, 4) is 0 Å². The van der Waals surface area contributed by atoms with Gasteiger partial charge in [0.1, 0.15) is 0 Å². The van der Waals surface area contributed by atoms with Crippen LogP contribution in [0.15, 0.2) is 48.5 Å². The fraction of sp³-hybridized carbons (Fsp3) is 0.444. The first kappa shape index (κ1) is 24.7. The highest BCUT2D eigenvalue weighted by molar-refractivity contribution is 6.34. The summed E-state index contributed by atoms with van der Waals surface area (Å²) in [6.45, 7) is 5.19. The summed E-state index contributed by atoms with van der Waals surface area (Å²) in [5.74, 6) is -0.134. The standard InChI is InChI=1S/C27H30Cl2N2O3/c1-3-13-26-15-30(23(32)19-9-5-7-11-21(19)28)17-27(14-4-2,25(26)34)18-31(16-26)24(33)20-10-6-8-12-22(20)29/h5-12H,3-4,13-18H2,1-2H3. The van der Waals surface area contributed by atoms with Gasteiger partial charge in [-0.15, -0.1) is 0 Å². The molecule has 0 unspecified atom stereocenters. The van der Waals surface area contributed by atoms with Crippen LogP contribution >= 0.6 is 23.2 Å². The van der Waals surface area contributed by atoms with Crippen molar-refractivity contribution >= 4 is 40.8 Å². The van der Waals surface area contributed by atoms with Crippen LogP contribution in [0.5, 0.6) is 0 Å². The molecule has 0 saturated carbocycles. The molecule has 2 aliphatic heterocycles. The summed E-state index contributed by atoms with van der Waals surface area (Å²) in [5, 5.41) is 0.804. The van der Waals surface area contributed by atoms with Crippen LogP contribution in [0.1, 0.15) is 60.2 Å². The highest BCUT2D eigenvalue weighted by atomic mass is 35.5. The van der Waals surface area contributed by atoms with E-state index in [-0.39, 0.29) is 43.8 Å². The molecule has 0 radical (unpaired) electrons. The van der Waals surface area contributed by atoms with Gasteiger partial charge in [0.05, 0.1) is 32.0 Å². The number of fused-ring (bicyclic) bond motifs is 2. The fourth-order valence-electron chi connectivity index (χ4n) is 5.92. The van der Waals surface area contributed by atoms with Crippen molar-refractivity contribution in [3.05, 3.63) is 69.7 Å². The van der Waals surface area contributed by atoms with Crippen molar-refractivity contribution < 1.29 is 14.4 Å². The lowest BCUT2D eigenvalue weighted by Gasteiger charge is -2.57. The quantitative estimate of drug-likeness (QED) is 0.507. The Labute approximate surface area is 211 Å². The Balaban J connectivity index is 1.75. The maximum absolute atomic E-state index is 14.0. The summed E-state index contributed by atoms with van der Waals surface area (Å²) in [7, 11) is 0. The molecule has 4 rings (SSSR count). The molecule has 2 aliphatic rings. The van der Waals surface area contributed by atoms with Gasteiger partial charge in [-0.25, -0.2) is 0 Å². The van der Waals surface area contributed by atoms with Crippen molar-refractivity contribution in [1.29, 1.82) is 0 Å². The normalized spacial score (nSPS) is 24.3. The van der Waals surface area contributed by atoms with Crippen LogP contribution in [0, 0.1) is 10.8 Å². The third-order valence-corrected chi connectivity index (χ3v) is 7.84. The van der Waals surface area contributed by atoms with E-state index < -0.39 is 10.8 Å². The lowest BCUT2D eigenvalue weighted by Crippen LogP contribution is -2.71. The Morgan fingerprint density at radius 2 is 1.09 bits per heavy atom. The molecule has 2 aromatic rings. The van der Waals surface area contributed by atoms with Crippen LogP contribution in [-0.2, 0) is 4.79 Å². The van der Waals surface area contributed by atoms with E-state index in [1.54, 1.807) is 58.3 Å². The molecule has 2 saturated heterocycles. The topological polar surface area (TPSA) is 57.7 Å². The highest BCUT2D eigenvalue weighted by Crippen LogP contribution is 2.48. The van der Waals surface area contributed by atoms with E-state index >= 15 is 0 Å². The van der Waals surface area contributed by atoms with Gasteiger partial charge in [-0.1, -0.05) is 74.2 Å². The molecule has 2 bridgehead atoms. The van der Waals surface area contributed by atoms with Crippen LogP contribution in [-0.4, -0.2) is 53.6 Å². The molecule has 0 aliphatic carbocycles. The molecule has 5 nitrogen and oxygen atoms in total.